The van der Waals surface area contributed by atoms with E-state index >= 15 is 0 Å². The second-order valence-electron chi connectivity index (χ2n) is 9.67. The lowest BCUT2D eigenvalue weighted by molar-refractivity contribution is -0.300. The Labute approximate surface area is 212 Å². The summed E-state index contributed by atoms with van der Waals surface area (Å²) in [6.07, 6.45) is -1.94. The van der Waals surface area contributed by atoms with Gasteiger partial charge in [-0.1, -0.05) is 91.0 Å². The van der Waals surface area contributed by atoms with Crippen molar-refractivity contribution in [2.75, 3.05) is 13.2 Å². The van der Waals surface area contributed by atoms with E-state index in [2.05, 4.69) is 36.4 Å². The molecule has 188 valence electrons. The predicted molar refractivity (Wildman–Crippen MR) is 134 cm³/mol. The van der Waals surface area contributed by atoms with Crippen LogP contribution in [0.5, 0.6) is 0 Å². The number of rotatable bonds is 7. The van der Waals surface area contributed by atoms with Crippen molar-refractivity contribution >= 4 is 5.97 Å². The van der Waals surface area contributed by atoms with Gasteiger partial charge in [0.1, 0.15) is 23.9 Å². The minimum Gasteiger partial charge on any atom is -0.457 e. The molecule has 0 radical (unpaired) electrons. The van der Waals surface area contributed by atoms with Crippen molar-refractivity contribution in [2.24, 2.45) is 0 Å². The Morgan fingerprint density at radius 2 is 1.39 bits per heavy atom. The quantitative estimate of drug-likeness (QED) is 0.350. The highest BCUT2D eigenvalue weighted by Crippen LogP contribution is 2.42. The van der Waals surface area contributed by atoms with E-state index in [9.17, 15) is 4.79 Å². The molecule has 2 saturated heterocycles. The molecule has 0 N–H and O–H groups in total. The Morgan fingerprint density at radius 3 is 1.86 bits per heavy atom. The number of carbonyl (C=O) groups is 1. The second kappa shape index (κ2) is 10.1. The fourth-order valence-corrected chi connectivity index (χ4v) is 5.17. The number of fused-ring (bicyclic) bond motifs is 1. The highest BCUT2D eigenvalue weighted by molar-refractivity contribution is 5.66. The third kappa shape index (κ3) is 4.82. The highest BCUT2D eigenvalue weighted by Gasteiger charge is 2.53. The van der Waals surface area contributed by atoms with E-state index in [-0.39, 0.29) is 18.7 Å². The molecule has 2 aliphatic heterocycles. The van der Waals surface area contributed by atoms with Gasteiger partial charge >= 0.3 is 5.97 Å². The Bertz CT molecular complexity index is 1050. The van der Waals surface area contributed by atoms with Gasteiger partial charge in [-0.2, -0.15) is 0 Å². The van der Waals surface area contributed by atoms with Crippen LogP contribution < -0.4 is 0 Å². The summed E-state index contributed by atoms with van der Waals surface area (Å²) in [6.45, 7) is 5.63. The number of benzene rings is 3. The Morgan fingerprint density at radius 1 is 0.889 bits per heavy atom. The minimum absolute atomic E-state index is 0.174. The normalized spacial score (nSPS) is 25.2. The second-order valence-corrected chi connectivity index (χ2v) is 9.67. The van der Waals surface area contributed by atoms with E-state index in [0.29, 0.717) is 6.61 Å². The van der Waals surface area contributed by atoms with Crippen LogP contribution in [-0.2, 0) is 34.1 Å². The molecule has 2 fully saturated rings. The van der Waals surface area contributed by atoms with Crippen LogP contribution in [0.25, 0.3) is 0 Å². The number of hydrogen-bond donors (Lipinski definition) is 0. The molecule has 3 aromatic carbocycles. The van der Waals surface area contributed by atoms with E-state index in [1.54, 1.807) is 0 Å². The monoisotopic (exact) mass is 488 g/mol. The minimum atomic E-state index is -0.904. The lowest BCUT2D eigenvalue weighted by atomic mass is 9.80. The van der Waals surface area contributed by atoms with E-state index in [0.717, 1.165) is 16.7 Å². The molecule has 6 nitrogen and oxygen atoms in total. The van der Waals surface area contributed by atoms with Gasteiger partial charge in [0.15, 0.2) is 11.9 Å². The van der Waals surface area contributed by atoms with Crippen molar-refractivity contribution in [1.82, 2.24) is 0 Å². The molecule has 4 atom stereocenters. The van der Waals surface area contributed by atoms with Gasteiger partial charge in [0, 0.05) is 6.92 Å². The number of hydrogen-bond acceptors (Lipinski definition) is 6. The first kappa shape index (κ1) is 24.7. The largest absolute Gasteiger partial charge is 0.457 e. The smallest absolute Gasteiger partial charge is 0.303 e. The van der Waals surface area contributed by atoms with E-state index in [4.69, 9.17) is 23.7 Å². The van der Waals surface area contributed by atoms with Gasteiger partial charge in [0.05, 0.1) is 13.2 Å². The number of carbonyl (C=O) groups excluding carboxylic acids is 1. The summed E-state index contributed by atoms with van der Waals surface area (Å²) in [5.41, 5.74) is 2.06. The standard InChI is InChI=1S/C30H32O6/c1-21(31)34-27-25(35-26-19-32-29(2,3)36-28(26)27)20-33-30(22-13-7-4-8-14-22,23-15-9-5-10-16-23)24-17-11-6-12-18-24/h4-18,25-28H,19-20H2,1-3H3/t25?,26-,27?,28+/m0/s1. The van der Waals surface area contributed by atoms with E-state index in [1.165, 1.54) is 6.92 Å². The predicted octanol–water partition coefficient (Wildman–Crippen LogP) is 4.85. The fourth-order valence-electron chi connectivity index (χ4n) is 5.17. The molecule has 2 heterocycles. The SMILES string of the molecule is CC(=O)OC1C(COC(c2ccccc2)(c2ccccc2)c2ccccc2)O[C@H]2COC(C)(C)O[C@@H]12. The number of ether oxygens (including phenoxy) is 5. The van der Waals surface area contributed by atoms with Crippen molar-refractivity contribution in [3.63, 3.8) is 0 Å². The Balaban J connectivity index is 1.53. The zero-order valence-corrected chi connectivity index (χ0v) is 20.8. The molecule has 36 heavy (non-hydrogen) atoms. The average molecular weight is 489 g/mol. The van der Waals surface area contributed by atoms with Crippen molar-refractivity contribution in [3.05, 3.63) is 108 Å². The van der Waals surface area contributed by atoms with Gasteiger partial charge in [-0.15, -0.1) is 0 Å². The summed E-state index contributed by atoms with van der Waals surface area (Å²) in [5.74, 6) is -1.18. The molecule has 0 amide bonds. The van der Waals surface area contributed by atoms with Crippen LogP contribution in [0.15, 0.2) is 91.0 Å². The molecule has 0 spiro atoms. The fraction of sp³-hybridized carbons (Fsp3) is 0.367. The van der Waals surface area contributed by atoms with Gasteiger partial charge in [-0.25, -0.2) is 0 Å². The van der Waals surface area contributed by atoms with Crippen molar-refractivity contribution in [1.29, 1.82) is 0 Å². The first-order chi connectivity index (χ1) is 17.4. The first-order valence-electron chi connectivity index (χ1n) is 12.3. The molecular formula is C30H32O6. The zero-order chi connectivity index (χ0) is 25.2. The van der Waals surface area contributed by atoms with Gasteiger partial charge in [-0.05, 0) is 30.5 Å². The summed E-state index contributed by atoms with van der Waals surface area (Å²) in [6, 6.07) is 30.4. The van der Waals surface area contributed by atoms with Crippen LogP contribution in [0.3, 0.4) is 0 Å². The zero-order valence-electron chi connectivity index (χ0n) is 20.8. The highest BCUT2D eigenvalue weighted by atomic mass is 16.7. The molecule has 0 bridgehead atoms. The lowest BCUT2D eigenvalue weighted by Crippen LogP contribution is -2.51. The molecular weight excluding hydrogens is 456 g/mol. The van der Waals surface area contributed by atoms with Gasteiger partial charge in [-0.3, -0.25) is 4.79 Å². The van der Waals surface area contributed by atoms with E-state index < -0.39 is 29.7 Å². The van der Waals surface area contributed by atoms with Crippen molar-refractivity contribution in [2.45, 2.75) is 56.6 Å². The third-order valence-electron chi connectivity index (χ3n) is 6.73. The molecule has 0 saturated carbocycles. The lowest BCUT2D eigenvalue weighted by Gasteiger charge is -2.38. The van der Waals surface area contributed by atoms with Crippen LogP contribution >= 0.6 is 0 Å². The summed E-state index contributed by atoms with van der Waals surface area (Å²) in [4.78, 5) is 12.0. The maximum atomic E-state index is 12.0. The topological polar surface area (TPSA) is 63.2 Å². The maximum Gasteiger partial charge on any atom is 0.303 e. The van der Waals surface area contributed by atoms with Crippen LogP contribution in [0.1, 0.15) is 37.5 Å². The summed E-state index contributed by atoms with van der Waals surface area (Å²) < 4.78 is 30.9. The molecule has 2 unspecified atom stereocenters. The van der Waals surface area contributed by atoms with Crippen LogP contribution in [0, 0.1) is 0 Å². The molecule has 3 aromatic rings. The molecule has 6 heteroatoms. The first-order valence-corrected chi connectivity index (χ1v) is 12.3. The summed E-state index contributed by atoms with van der Waals surface area (Å²) in [5, 5.41) is 0. The maximum absolute atomic E-state index is 12.0. The Hall–Kier alpha value is -3.03. The van der Waals surface area contributed by atoms with Gasteiger partial charge in [0.25, 0.3) is 0 Å². The van der Waals surface area contributed by atoms with Gasteiger partial charge in [0.2, 0.25) is 0 Å². The van der Waals surface area contributed by atoms with Crippen LogP contribution in [-0.4, -0.2) is 49.4 Å². The van der Waals surface area contributed by atoms with Crippen LogP contribution in [0.2, 0.25) is 0 Å². The summed E-state index contributed by atoms with van der Waals surface area (Å²) >= 11 is 0. The van der Waals surface area contributed by atoms with Crippen molar-refractivity contribution in [3.8, 4) is 0 Å². The molecule has 0 aromatic heterocycles. The summed E-state index contributed by atoms with van der Waals surface area (Å²) in [7, 11) is 0. The van der Waals surface area contributed by atoms with Gasteiger partial charge < -0.3 is 23.7 Å². The average Bonchev–Trinajstić information content (AvgIpc) is 3.21. The number of esters is 1. The molecule has 0 aliphatic carbocycles. The molecule has 5 rings (SSSR count). The van der Waals surface area contributed by atoms with Crippen LogP contribution in [0.4, 0.5) is 0 Å². The van der Waals surface area contributed by atoms with E-state index in [1.807, 2.05) is 68.4 Å². The third-order valence-corrected chi connectivity index (χ3v) is 6.73. The Kier molecular flexibility index (Phi) is 6.95. The molecule has 2 aliphatic rings. The van der Waals surface area contributed by atoms with Crippen molar-refractivity contribution < 1.29 is 28.5 Å².